The minimum Gasteiger partial charge on any atom is -0.370 e. The van der Waals surface area contributed by atoms with Gasteiger partial charge >= 0.3 is 0 Å². The number of hydrogen-bond acceptors (Lipinski definition) is 5. The molecule has 6 rings (SSSR count). The predicted molar refractivity (Wildman–Crippen MR) is 143 cm³/mol. The van der Waals surface area contributed by atoms with Crippen LogP contribution in [0.1, 0.15) is 12.8 Å². The summed E-state index contributed by atoms with van der Waals surface area (Å²) in [6, 6.07) is 19.5. The van der Waals surface area contributed by atoms with E-state index in [0.29, 0.717) is 6.04 Å². The lowest BCUT2D eigenvalue weighted by Crippen LogP contribution is -2.53. The lowest BCUT2D eigenvalue weighted by Gasteiger charge is -2.44. The van der Waals surface area contributed by atoms with Crippen LogP contribution in [0.25, 0.3) is 21.8 Å². The molecule has 35 heavy (non-hydrogen) atoms. The molecule has 2 aromatic heterocycles. The molecule has 0 saturated carbocycles. The van der Waals surface area contributed by atoms with Crippen LogP contribution in [0.2, 0.25) is 0 Å². The van der Waals surface area contributed by atoms with Crippen LogP contribution in [0.15, 0.2) is 65.5 Å². The molecule has 0 spiro atoms. The summed E-state index contributed by atoms with van der Waals surface area (Å²) in [4.78, 5) is 26.4. The molecule has 4 heterocycles. The number of fused-ring (bicyclic) bond motifs is 2. The number of para-hydroxylation sites is 2. The second kappa shape index (κ2) is 9.84. The summed E-state index contributed by atoms with van der Waals surface area (Å²) in [7, 11) is 0. The van der Waals surface area contributed by atoms with Gasteiger partial charge in [-0.3, -0.25) is 9.69 Å². The molecule has 0 aliphatic carbocycles. The molecule has 0 amide bonds. The standard InChI is InChI=1S/C27H28FN5O.ClH/c28-24-9-7-19-3-1-5-22(26(19)29-24)32-13-11-21(12-14-32)31-15-17-33(18-16-31)23-6-2-4-20-8-10-25(34)30-27(20)23;/h1-10,21H,11-18H2,(H,30,34);1H. The van der Waals surface area contributed by atoms with Crippen molar-refractivity contribution < 1.29 is 4.39 Å². The smallest absolute Gasteiger partial charge is 0.248 e. The molecule has 0 radical (unpaired) electrons. The van der Waals surface area contributed by atoms with Gasteiger partial charge in [-0.05, 0) is 43.2 Å². The molecule has 0 bridgehead atoms. The Morgan fingerprint density at radius 1 is 0.771 bits per heavy atom. The van der Waals surface area contributed by atoms with Gasteiger partial charge in [0.25, 0.3) is 0 Å². The van der Waals surface area contributed by atoms with Gasteiger partial charge in [-0.2, -0.15) is 4.39 Å². The summed E-state index contributed by atoms with van der Waals surface area (Å²) >= 11 is 0. The number of rotatable bonds is 3. The van der Waals surface area contributed by atoms with E-state index in [1.807, 2.05) is 24.3 Å². The Morgan fingerprint density at radius 3 is 2.20 bits per heavy atom. The van der Waals surface area contributed by atoms with Crippen LogP contribution in [-0.4, -0.2) is 60.2 Å². The van der Waals surface area contributed by atoms with E-state index in [1.54, 1.807) is 12.1 Å². The third kappa shape index (κ3) is 4.58. The minimum atomic E-state index is -0.428. The Morgan fingerprint density at radius 2 is 1.43 bits per heavy atom. The molecule has 2 aliphatic heterocycles. The molecule has 2 fully saturated rings. The van der Waals surface area contributed by atoms with Crippen molar-refractivity contribution in [3.63, 3.8) is 0 Å². The average molecular weight is 494 g/mol. The van der Waals surface area contributed by atoms with Gasteiger partial charge in [0.2, 0.25) is 11.5 Å². The molecule has 0 unspecified atom stereocenters. The molecular formula is C27H29ClFN5O. The van der Waals surface area contributed by atoms with Crippen LogP contribution in [0, 0.1) is 5.95 Å². The van der Waals surface area contributed by atoms with Crippen molar-refractivity contribution in [1.29, 1.82) is 0 Å². The van der Waals surface area contributed by atoms with Gasteiger partial charge in [0.15, 0.2) is 0 Å². The molecule has 0 atom stereocenters. The number of nitrogens with zero attached hydrogens (tertiary/aromatic N) is 4. The zero-order chi connectivity index (χ0) is 23.1. The molecule has 2 aliphatic rings. The first-order valence-electron chi connectivity index (χ1n) is 12.1. The maximum absolute atomic E-state index is 13.8. The lowest BCUT2D eigenvalue weighted by atomic mass is 10.0. The van der Waals surface area contributed by atoms with Gasteiger partial charge < -0.3 is 14.8 Å². The van der Waals surface area contributed by atoms with Crippen molar-refractivity contribution in [2.75, 3.05) is 49.1 Å². The summed E-state index contributed by atoms with van der Waals surface area (Å²) in [5, 5.41) is 2.04. The van der Waals surface area contributed by atoms with Crippen molar-refractivity contribution in [2.45, 2.75) is 18.9 Å². The highest BCUT2D eigenvalue weighted by Gasteiger charge is 2.28. The number of nitrogens with one attached hydrogen (secondary N) is 1. The second-order valence-corrected chi connectivity index (χ2v) is 9.29. The third-order valence-corrected chi connectivity index (χ3v) is 7.38. The highest BCUT2D eigenvalue weighted by Crippen LogP contribution is 2.30. The number of halogens is 2. The molecule has 6 nitrogen and oxygen atoms in total. The van der Waals surface area contributed by atoms with Crippen LogP contribution >= 0.6 is 12.4 Å². The van der Waals surface area contributed by atoms with Crippen molar-refractivity contribution in [3.05, 3.63) is 77.0 Å². The number of anilines is 2. The van der Waals surface area contributed by atoms with E-state index in [4.69, 9.17) is 0 Å². The van der Waals surface area contributed by atoms with E-state index in [9.17, 15) is 9.18 Å². The third-order valence-electron chi connectivity index (χ3n) is 7.38. The Bertz CT molecular complexity index is 1390. The lowest BCUT2D eigenvalue weighted by molar-refractivity contribution is 0.160. The van der Waals surface area contributed by atoms with Crippen molar-refractivity contribution in [2.24, 2.45) is 0 Å². The Labute approximate surface area is 209 Å². The van der Waals surface area contributed by atoms with E-state index >= 15 is 0 Å². The second-order valence-electron chi connectivity index (χ2n) is 9.29. The normalized spacial score (nSPS) is 17.6. The van der Waals surface area contributed by atoms with Crippen LogP contribution in [0.5, 0.6) is 0 Å². The number of benzene rings is 2. The maximum Gasteiger partial charge on any atom is 0.248 e. The monoisotopic (exact) mass is 493 g/mol. The predicted octanol–water partition coefficient (Wildman–Crippen LogP) is 4.43. The van der Waals surface area contributed by atoms with Crippen molar-refractivity contribution in [1.82, 2.24) is 14.9 Å². The van der Waals surface area contributed by atoms with E-state index in [-0.39, 0.29) is 18.0 Å². The topological polar surface area (TPSA) is 55.5 Å². The summed E-state index contributed by atoms with van der Waals surface area (Å²) in [5.41, 5.74) is 3.76. The van der Waals surface area contributed by atoms with Crippen molar-refractivity contribution in [3.8, 4) is 0 Å². The minimum absolute atomic E-state index is 0. The molecular weight excluding hydrogens is 465 g/mol. The quantitative estimate of drug-likeness (QED) is 0.428. The zero-order valence-electron chi connectivity index (χ0n) is 19.5. The highest BCUT2D eigenvalue weighted by molar-refractivity contribution is 5.91. The fraction of sp³-hybridized carbons (Fsp3) is 0.333. The molecule has 2 aromatic carbocycles. The fourth-order valence-corrected chi connectivity index (χ4v) is 5.59. The first-order valence-corrected chi connectivity index (χ1v) is 12.1. The summed E-state index contributed by atoms with van der Waals surface area (Å²) in [6.45, 7) is 5.82. The zero-order valence-corrected chi connectivity index (χ0v) is 20.3. The average Bonchev–Trinajstić information content (AvgIpc) is 2.88. The SMILES string of the molecule is Cl.O=c1ccc2cccc(N3CCN(C4CCN(c5cccc6ccc(F)nc56)CC4)CC3)c2[nH]1. The molecule has 1 N–H and O–H groups in total. The van der Waals surface area contributed by atoms with Gasteiger partial charge in [0.05, 0.1) is 22.4 Å². The number of aromatic nitrogens is 2. The summed E-state index contributed by atoms with van der Waals surface area (Å²) in [6.07, 6.45) is 2.18. The summed E-state index contributed by atoms with van der Waals surface area (Å²) in [5.74, 6) is -0.428. The van der Waals surface area contributed by atoms with Crippen LogP contribution < -0.4 is 15.4 Å². The van der Waals surface area contributed by atoms with Crippen molar-refractivity contribution >= 4 is 45.6 Å². The molecule has 8 heteroatoms. The fourth-order valence-electron chi connectivity index (χ4n) is 5.59. The molecule has 4 aromatic rings. The Kier molecular flexibility index (Phi) is 6.62. The van der Waals surface area contributed by atoms with Gasteiger partial charge in [-0.15, -0.1) is 12.4 Å². The number of pyridine rings is 2. The summed E-state index contributed by atoms with van der Waals surface area (Å²) < 4.78 is 13.8. The maximum atomic E-state index is 13.8. The number of piperidine rings is 1. The number of piperazine rings is 1. The molecule has 182 valence electrons. The highest BCUT2D eigenvalue weighted by atomic mass is 35.5. The van der Waals surface area contributed by atoms with E-state index in [1.165, 1.54) is 6.07 Å². The van der Waals surface area contributed by atoms with Gasteiger partial charge in [-0.1, -0.05) is 24.3 Å². The number of hydrogen-bond donors (Lipinski definition) is 1. The van der Waals surface area contributed by atoms with E-state index in [2.05, 4.69) is 42.9 Å². The van der Waals surface area contributed by atoms with Gasteiger partial charge in [0, 0.05) is 62.1 Å². The van der Waals surface area contributed by atoms with E-state index in [0.717, 1.165) is 85.3 Å². The van der Waals surface area contributed by atoms with Crippen LogP contribution in [0.3, 0.4) is 0 Å². The van der Waals surface area contributed by atoms with Gasteiger partial charge in [0.1, 0.15) is 0 Å². The first kappa shape index (κ1) is 23.6. The largest absolute Gasteiger partial charge is 0.370 e. The first-order chi connectivity index (χ1) is 16.7. The Balaban J connectivity index is 0.00000253. The van der Waals surface area contributed by atoms with Gasteiger partial charge in [-0.25, -0.2) is 4.98 Å². The van der Waals surface area contributed by atoms with Crippen LogP contribution in [0.4, 0.5) is 15.8 Å². The van der Waals surface area contributed by atoms with E-state index < -0.39 is 5.95 Å². The number of aromatic amines is 1. The van der Waals surface area contributed by atoms with Crippen LogP contribution in [-0.2, 0) is 0 Å². The molecule has 2 saturated heterocycles. The Hall–Kier alpha value is -3.16. The number of H-pyrrole nitrogens is 1.